The van der Waals surface area contributed by atoms with Gasteiger partial charge >= 0.3 is 5.97 Å². The van der Waals surface area contributed by atoms with Gasteiger partial charge in [-0.05, 0) is 12.5 Å². The summed E-state index contributed by atoms with van der Waals surface area (Å²) in [5, 5.41) is 0. The molecular weight excluding hydrogens is 290 g/mol. The fraction of sp³-hybridized carbons (Fsp3) is 0.158. The Morgan fingerprint density at radius 1 is 1.04 bits per heavy atom. The number of nitrogens with two attached hydrogens (primary N) is 1. The third-order valence-corrected chi connectivity index (χ3v) is 3.96. The van der Waals surface area contributed by atoms with Crippen molar-refractivity contribution in [2.75, 3.05) is 6.61 Å². The molecule has 0 saturated carbocycles. The summed E-state index contributed by atoms with van der Waals surface area (Å²) in [5.41, 5.74) is 8.74. The third kappa shape index (κ3) is 2.52. The summed E-state index contributed by atoms with van der Waals surface area (Å²) in [6.45, 7) is 1.96. The van der Waals surface area contributed by atoms with Gasteiger partial charge in [0.1, 0.15) is 0 Å². The maximum Gasteiger partial charge on any atom is 0.337 e. The van der Waals surface area contributed by atoms with Crippen LogP contribution in [-0.2, 0) is 9.53 Å². The first-order valence-electron chi connectivity index (χ1n) is 7.50. The molecular formula is C19H17NO3. The molecule has 4 nitrogen and oxygen atoms in total. The van der Waals surface area contributed by atoms with Gasteiger partial charge in [0, 0.05) is 11.1 Å². The highest BCUT2D eigenvalue weighted by Crippen LogP contribution is 2.41. The van der Waals surface area contributed by atoms with Crippen molar-refractivity contribution in [3.05, 3.63) is 76.9 Å². The molecule has 0 aromatic heterocycles. The Hall–Kier alpha value is -2.88. The maximum atomic E-state index is 13.0. The van der Waals surface area contributed by atoms with Crippen LogP contribution in [0.2, 0.25) is 0 Å². The molecule has 3 rings (SSSR count). The minimum Gasteiger partial charge on any atom is -0.463 e. The van der Waals surface area contributed by atoms with Crippen LogP contribution in [0.4, 0.5) is 0 Å². The lowest BCUT2D eigenvalue weighted by Gasteiger charge is -2.14. The quantitative estimate of drug-likeness (QED) is 0.696. The molecule has 0 heterocycles. The summed E-state index contributed by atoms with van der Waals surface area (Å²) < 4.78 is 5.11. The van der Waals surface area contributed by atoms with Crippen LogP contribution in [0.25, 0.3) is 5.70 Å². The Morgan fingerprint density at radius 2 is 1.70 bits per heavy atom. The number of fused-ring (bicyclic) bond motifs is 1. The molecule has 2 aromatic carbocycles. The smallest absolute Gasteiger partial charge is 0.337 e. The van der Waals surface area contributed by atoms with E-state index in [2.05, 4.69) is 0 Å². The van der Waals surface area contributed by atoms with Gasteiger partial charge in [0.15, 0.2) is 5.78 Å². The predicted molar refractivity (Wildman–Crippen MR) is 87.7 cm³/mol. The molecule has 116 valence electrons. The zero-order chi connectivity index (χ0) is 16.4. The first kappa shape index (κ1) is 15.0. The average Bonchev–Trinajstić information content (AvgIpc) is 2.88. The average molecular weight is 307 g/mol. The highest BCUT2D eigenvalue weighted by atomic mass is 16.5. The number of carbonyl (C=O) groups is 2. The Kier molecular flexibility index (Phi) is 3.98. The number of esters is 1. The zero-order valence-corrected chi connectivity index (χ0v) is 12.8. The minimum absolute atomic E-state index is 0.151. The fourth-order valence-electron chi connectivity index (χ4n) is 2.93. The van der Waals surface area contributed by atoms with Crippen molar-refractivity contribution in [2.24, 2.45) is 5.73 Å². The van der Waals surface area contributed by atoms with Crippen LogP contribution in [0.15, 0.2) is 60.2 Å². The van der Waals surface area contributed by atoms with Gasteiger partial charge in [-0.25, -0.2) is 4.79 Å². The molecule has 0 bridgehead atoms. The highest BCUT2D eigenvalue weighted by molar-refractivity contribution is 6.14. The van der Waals surface area contributed by atoms with Crippen molar-refractivity contribution >= 4 is 17.4 Å². The van der Waals surface area contributed by atoms with E-state index in [1.54, 1.807) is 31.2 Å². The van der Waals surface area contributed by atoms with Crippen LogP contribution in [0, 0.1) is 0 Å². The van der Waals surface area contributed by atoms with Crippen LogP contribution in [0.3, 0.4) is 0 Å². The van der Waals surface area contributed by atoms with E-state index in [-0.39, 0.29) is 18.0 Å². The predicted octanol–water partition coefficient (Wildman–Crippen LogP) is 2.90. The molecule has 1 aliphatic carbocycles. The topological polar surface area (TPSA) is 69.4 Å². The molecule has 0 amide bonds. The van der Waals surface area contributed by atoms with E-state index in [9.17, 15) is 9.59 Å². The van der Waals surface area contributed by atoms with E-state index in [0.717, 1.165) is 11.1 Å². The number of hydrogen-bond acceptors (Lipinski definition) is 4. The van der Waals surface area contributed by atoms with Crippen molar-refractivity contribution in [1.29, 1.82) is 0 Å². The van der Waals surface area contributed by atoms with Crippen LogP contribution < -0.4 is 5.73 Å². The molecule has 0 aliphatic heterocycles. The van der Waals surface area contributed by atoms with Gasteiger partial charge in [0.25, 0.3) is 0 Å². The second-order valence-corrected chi connectivity index (χ2v) is 5.30. The SMILES string of the molecule is CCOC(=O)C1=C(N)c2ccccc2C1C(=O)c1ccccc1. The number of ketones is 1. The molecule has 23 heavy (non-hydrogen) atoms. The van der Waals surface area contributed by atoms with Gasteiger partial charge in [-0.2, -0.15) is 0 Å². The largest absolute Gasteiger partial charge is 0.463 e. The summed E-state index contributed by atoms with van der Waals surface area (Å²) in [5.74, 6) is -1.40. The lowest BCUT2D eigenvalue weighted by Crippen LogP contribution is -2.20. The molecule has 2 aromatic rings. The van der Waals surface area contributed by atoms with Crippen LogP contribution >= 0.6 is 0 Å². The monoisotopic (exact) mass is 307 g/mol. The van der Waals surface area contributed by atoms with Crippen LogP contribution in [-0.4, -0.2) is 18.4 Å². The van der Waals surface area contributed by atoms with E-state index in [1.807, 2.05) is 30.3 Å². The summed E-state index contributed by atoms with van der Waals surface area (Å²) >= 11 is 0. The first-order valence-corrected chi connectivity index (χ1v) is 7.50. The second-order valence-electron chi connectivity index (χ2n) is 5.30. The number of ether oxygens (including phenoxy) is 1. The Labute approximate surface area is 134 Å². The second kappa shape index (κ2) is 6.08. The van der Waals surface area contributed by atoms with E-state index in [4.69, 9.17) is 10.5 Å². The van der Waals surface area contributed by atoms with Crippen LogP contribution in [0.5, 0.6) is 0 Å². The van der Waals surface area contributed by atoms with Crippen molar-refractivity contribution < 1.29 is 14.3 Å². The molecule has 1 atom stereocenters. The Balaban J connectivity index is 2.12. The highest BCUT2D eigenvalue weighted by Gasteiger charge is 2.39. The Bertz CT molecular complexity index is 793. The van der Waals surface area contributed by atoms with Crippen molar-refractivity contribution in [1.82, 2.24) is 0 Å². The summed E-state index contributed by atoms with van der Waals surface area (Å²) in [4.78, 5) is 25.3. The molecule has 0 radical (unpaired) electrons. The zero-order valence-electron chi connectivity index (χ0n) is 12.8. The Morgan fingerprint density at radius 3 is 2.39 bits per heavy atom. The van der Waals surface area contributed by atoms with Gasteiger partial charge in [0.05, 0.1) is 23.8 Å². The maximum absolute atomic E-state index is 13.0. The van der Waals surface area contributed by atoms with Crippen molar-refractivity contribution in [2.45, 2.75) is 12.8 Å². The summed E-state index contributed by atoms with van der Waals surface area (Å²) in [7, 11) is 0. The normalized spacial score (nSPS) is 16.1. The van der Waals surface area contributed by atoms with Gasteiger partial charge in [0.2, 0.25) is 0 Å². The summed E-state index contributed by atoms with van der Waals surface area (Å²) in [6.07, 6.45) is 0. The number of carbonyl (C=O) groups excluding carboxylic acids is 2. The van der Waals surface area contributed by atoms with E-state index in [0.29, 0.717) is 11.3 Å². The third-order valence-electron chi connectivity index (χ3n) is 3.96. The van der Waals surface area contributed by atoms with Crippen molar-refractivity contribution in [3.8, 4) is 0 Å². The molecule has 2 N–H and O–H groups in total. The summed E-state index contributed by atoms with van der Waals surface area (Å²) in [6, 6.07) is 16.2. The number of hydrogen-bond donors (Lipinski definition) is 1. The van der Waals surface area contributed by atoms with Gasteiger partial charge in [-0.15, -0.1) is 0 Å². The van der Waals surface area contributed by atoms with E-state index >= 15 is 0 Å². The van der Waals surface area contributed by atoms with Crippen LogP contribution in [0.1, 0.15) is 34.3 Å². The molecule has 0 spiro atoms. The lowest BCUT2D eigenvalue weighted by atomic mass is 9.88. The molecule has 1 aliphatic rings. The standard InChI is InChI=1S/C19H17NO3/c1-2-23-19(22)16-15(18(21)12-8-4-3-5-9-12)13-10-6-7-11-14(13)17(16)20/h3-11,15H,2,20H2,1H3. The van der Waals surface area contributed by atoms with Gasteiger partial charge < -0.3 is 10.5 Å². The van der Waals surface area contributed by atoms with Gasteiger partial charge in [-0.3, -0.25) is 4.79 Å². The molecule has 4 heteroatoms. The fourth-order valence-corrected chi connectivity index (χ4v) is 2.93. The number of rotatable bonds is 4. The van der Waals surface area contributed by atoms with Gasteiger partial charge in [-0.1, -0.05) is 54.6 Å². The van der Waals surface area contributed by atoms with E-state index < -0.39 is 11.9 Å². The molecule has 1 unspecified atom stereocenters. The number of Topliss-reactive ketones (excluding diaryl/α,β-unsaturated/α-hetero) is 1. The molecule has 0 saturated heterocycles. The van der Waals surface area contributed by atoms with Crippen molar-refractivity contribution in [3.63, 3.8) is 0 Å². The molecule has 0 fully saturated rings. The lowest BCUT2D eigenvalue weighted by molar-refractivity contribution is -0.138. The van der Waals surface area contributed by atoms with E-state index in [1.165, 1.54) is 0 Å². The minimum atomic E-state index is -0.715. The number of benzene rings is 2. The first-order chi connectivity index (χ1) is 11.1.